The van der Waals surface area contributed by atoms with Crippen LogP contribution in [0.5, 0.6) is 0 Å². The van der Waals surface area contributed by atoms with Crippen molar-refractivity contribution in [1.29, 1.82) is 0 Å². The monoisotopic (exact) mass is 262 g/mol. The second kappa shape index (κ2) is 4.17. The maximum absolute atomic E-state index is 13.6. The quantitative estimate of drug-likeness (QED) is 0.785. The summed E-state index contributed by atoms with van der Waals surface area (Å²) < 4.78 is 13.6. The van der Waals surface area contributed by atoms with Crippen molar-refractivity contribution >= 4 is 16.8 Å². The van der Waals surface area contributed by atoms with Crippen LogP contribution in [0.25, 0.3) is 10.9 Å². The van der Waals surface area contributed by atoms with Crippen LogP contribution in [0.1, 0.15) is 10.5 Å². The van der Waals surface area contributed by atoms with Gasteiger partial charge in [0.2, 0.25) is 0 Å². The molecule has 5 nitrogen and oxygen atoms in total. The lowest BCUT2D eigenvalue weighted by Gasteiger charge is -2.35. The number of pyridine rings is 1. The number of amides is 1. The van der Waals surface area contributed by atoms with E-state index in [4.69, 9.17) is 5.11 Å². The number of carbonyl (C=O) groups is 1. The molecule has 98 valence electrons. The molecule has 0 aliphatic carbocycles. The molecule has 0 unspecified atom stereocenters. The Morgan fingerprint density at radius 3 is 2.84 bits per heavy atom. The lowest BCUT2D eigenvalue weighted by Crippen LogP contribution is -2.53. The number of likely N-dealkylation sites (tertiary alicyclic amines) is 1. The van der Waals surface area contributed by atoms with Gasteiger partial charge in [-0.15, -0.1) is 0 Å². The Balaban J connectivity index is 2.08. The van der Waals surface area contributed by atoms with E-state index in [-0.39, 0.29) is 29.7 Å². The molecule has 0 saturated carbocycles. The predicted molar refractivity (Wildman–Crippen MR) is 66.4 cm³/mol. The number of aromatic nitrogens is 1. The third kappa shape index (κ3) is 1.90. The number of para-hydroxylation sites is 1. The van der Waals surface area contributed by atoms with Crippen LogP contribution in [0.3, 0.4) is 0 Å². The van der Waals surface area contributed by atoms with E-state index in [0.717, 1.165) is 6.07 Å². The molecule has 2 heterocycles. The minimum absolute atomic E-state index is 0.0272. The molecule has 3 rings (SSSR count). The minimum Gasteiger partial charge on any atom is -0.389 e. The SMILES string of the molecule is O=C(c1cc(=O)c2cccc(F)c2[nH]1)N1CC(O)C1. The van der Waals surface area contributed by atoms with Crippen LogP contribution >= 0.6 is 0 Å². The van der Waals surface area contributed by atoms with Crippen molar-refractivity contribution in [3.63, 3.8) is 0 Å². The van der Waals surface area contributed by atoms with E-state index >= 15 is 0 Å². The molecule has 19 heavy (non-hydrogen) atoms. The molecular weight excluding hydrogens is 251 g/mol. The summed E-state index contributed by atoms with van der Waals surface area (Å²) in [6, 6.07) is 5.33. The molecule has 0 radical (unpaired) electrons. The number of benzene rings is 1. The van der Waals surface area contributed by atoms with Crippen LogP contribution in [0, 0.1) is 5.82 Å². The molecule has 0 bridgehead atoms. The van der Waals surface area contributed by atoms with Crippen molar-refractivity contribution in [2.45, 2.75) is 6.10 Å². The van der Waals surface area contributed by atoms with Crippen molar-refractivity contribution in [2.24, 2.45) is 0 Å². The van der Waals surface area contributed by atoms with Crippen LogP contribution in [0.4, 0.5) is 4.39 Å². The number of fused-ring (bicyclic) bond motifs is 1. The van der Waals surface area contributed by atoms with Crippen molar-refractivity contribution < 1.29 is 14.3 Å². The third-order valence-corrected chi connectivity index (χ3v) is 3.19. The number of β-amino-alcohol motifs (C(OH)–C–C–N with tert-alkyl or cyclic N) is 1. The molecule has 1 fully saturated rings. The summed E-state index contributed by atoms with van der Waals surface area (Å²) in [6.07, 6.45) is -0.520. The van der Waals surface area contributed by atoms with E-state index in [1.807, 2.05) is 0 Å². The minimum atomic E-state index is -0.576. The van der Waals surface area contributed by atoms with Crippen molar-refractivity contribution in [3.05, 3.63) is 46.0 Å². The van der Waals surface area contributed by atoms with Gasteiger partial charge in [0.15, 0.2) is 5.43 Å². The number of aromatic amines is 1. The number of aliphatic hydroxyl groups excluding tert-OH is 1. The van der Waals surface area contributed by atoms with Gasteiger partial charge in [0.1, 0.15) is 11.5 Å². The molecule has 1 aromatic carbocycles. The average Bonchev–Trinajstić information content (AvgIpc) is 2.35. The molecule has 1 aromatic heterocycles. The topological polar surface area (TPSA) is 73.4 Å². The highest BCUT2D eigenvalue weighted by molar-refractivity contribution is 5.95. The van der Waals surface area contributed by atoms with E-state index in [2.05, 4.69) is 4.98 Å². The Labute approximate surface area is 107 Å². The summed E-state index contributed by atoms with van der Waals surface area (Å²) in [5, 5.41) is 9.37. The third-order valence-electron chi connectivity index (χ3n) is 3.19. The van der Waals surface area contributed by atoms with Gasteiger partial charge < -0.3 is 15.0 Å². The maximum Gasteiger partial charge on any atom is 0.270 e. The summed E-state index contributed by atoms with van der Waals surface area (Å²) in [7, 11) is 0. The molecule has 1 saturated heterocycles. The van der Waals surface area contributed by atoms with Gasteiger partial charge in [-0.25, -0.2) is 4.39 Å². The van der Waals surface area contributed by atoms with Gasteiger partial charge in [-0.2, -0.15) is 0 Å². The predicted octanol–water partition coefficient (Wildman–Crippen LogP) is 0.484. The normalized spacial score (nSPS) is 15.6. The molecule has 0 atom stereocenters. The molecule has 1 amide bonds. The highest BCUT2D eigenvalue weighted by Gasteiger charge is 2.30. The second-order valence-corrected chi connectivity index (χ2v) is 4.57. The van der Waals surface area contributed by atoms with Crippen LogP contribution in [0.15, 0.2) is 29.1 Å². The van der Waals surface area contributed by atoms with Gasteiger partial charge in [0, 0.05) is 24.5 Å². The van der Waals surface area contributed by atoms with Crippen molar-refractivity contribution in [2.75, 3.05) is 13.1 Å². The summed E-state index contributed by atoms with van der Waals surface area (Å²) in [4.78, 5) is 27.9. The van der Waals surface area contributed by atoms with Crippen LogP contribution < -0.4 is 5.43 Å². The average molecular weight is 262 g/mol. The summed E-state index contributed by atoms with van der Waals surface area (Å²) >= 11 is 0. The maximum atomic E-state index is 13.6. The zero-order chi connectivity index (χ0) is 13.6. The Bertz CT molecular complexity index is 719. The van der Waals surface area contributed by atoms with E-state index in [0.29, 0.717) is 0 Å². The van der Waals surface area contributed by atoms with Gasteiger partial charge in [-0.1, -0.05) is 6.07 Å². The van der Waals surface area contributed by atoms with Gasteiger partial charge in [-0.3, -0.25) is 9.59 Å². The van der Waals surface area contributed by atoms with Crippen LogP contribution in [0.2, 0.25) is 0 Å². The van der Waals surface area contributed by atoms with Crippen molar-refractivity contribution in [1.82, 2.24) is 9.88 Å². The fourth-order valence-corrected chi connectivity index (χ4v) is 2.14. The first kappa shape index (κ1) is 11.9. The highest BCUT2D eigenvalue weighted by Crippen LogP contribution is 2.15. The zero-order valence-electron chi connectivity index (χ0n) is 9.89. The van der Waals surface area contributed by atoms with Crippen LogP contribution in [-0.4, -0.2) is 40.1 Å². The Hall–Kier alpha value is -2.21. The van der Waals surface area contributed by atoms with Gasteiger partial charge in [0.25, 0.3) is 5.91 Å². The fraction of sp³-hybridized carbons (Fsp3) is 0.231. The summed E-state index contributed by atoms with van der Waals surface area (Å²) in [5.41, 5.74) is -0.341. The summed E-state index contributed by atoms with van der Waals surface area (Å²) in [5.74, 6) is -0.986. The van der Waals surface area contributed by atoms with Gasteiger partial charge in [-0.05, 0) is 12.1 Å². The number of hydrogen-bond acceptors (Lipinski definition) is 3. The Kier molecular flexibility index (Phi) is 2.60. The highest BCUT2D eigenvalue weighted by atomic mass is 19.1. The first-order valence-corrected chi connectivity index (χ1v) is 5.85. The zero-order valence-corrected chi connectivity index (χ0v) is 9.89. The standard InChI is InChI=1S/C13H11FN2O3/c14-9-3-1-2-8-11(18)4-10(15-12(8)9)13(19)16-5-7(17)6-16/h1-4,7,17H,5-6H2,(H,15,18). The lowest BCUT2D eigenvalue weighted by atomic mass is 10.1. The molecule has 1 aliphatic rings. The molecule has 2 N–H and O–H groups in total. The number of nitrogens with one attached hydrogen (secondary N) is 1. The first-order valence-electron chi connectivity index (χ1n) is 5.85. The fourth-order valence-electron chi connectivity index (χ4n) is 2.14. The van der Waals surface area contributed by atoms with Crippen LogP contribution in [-0.2, 0) is 0 Å². The first-order chi connectivity index (χ1) is 9.06. The van der Waals surface area contributed by atoms with Crippen molar-refractivity contribution in [3.8, 4) is 0 Å². The number of rotatable bonds is 1. The molecule has 1 aliphatic heterocycles. The number of aliphatic hydroxyl groups is 1. The van der Waals surface area contributed by atoms with E-state index < -0.39 is 23.3 Å². The molecular formula is C13H11FN2O3. The van der Waals surface area contributed by atoms with Gasteiger partial charge >= 0.3 is 0 Å². The largest absolute Gasteiger partial charge is 0.389 e. The molecule has 0 spiro atoms. The van der Waals surface area contributed by atoms with Gasteiger partial charge in [0.05, 0.1) is 11.6 Å². The lowest BCUT2D eigenvalue weighted by molar-refractivity contribution is 0.00552. The van der Waals surface area contributed by atoms with E-state index in [1.54, 1.807) is 0 Å². The Morgan fingerprint density at radius 2 is 2.16 bits per heavy atom. The molecule has 6 heteroatoms. The number of carbonyl (C=O) groups excluding carboxylic acids is 1. The number of nitrogens with zero attached hydrogens (tertiary/aromatic N) is 1. The van der Waals surface area contributed by atoms with E-state index in [9.17, 15) is 14.0 Å². The second-order valence-electron chi connectivity index (χ2n) is 4.57. The number of H-pyrrole nitrogens is 1. The van der Waals surface area contributed by atoms with E-state index in [1.165, 1.54) is 23.1 Å². The summed E-state index contributed by atoms with van der Waals surface area (Å²) in [6.45, 7) is 0.465. The smallest absolute Gasteiger partial charge is 0.270 e. The number of hydrogen-bond donors (Lipinski definition) is 2. The molecule has 2 aromatic rings. The Morgan fingerprint density at radius 1 is 1.42 bits per heavy atom. The number of halogens is 1.